The molecule has 6 heteroatoms. The summed E-state index contributed by atoms with van der Waals surface area (Å²) in [6.07, 6.45) is -0.576. The average molecular weight is 210 g/mol. The van der Waals surface area contributed by atoms with Crippen LogP contribution in [0.25, 0.3) is 0 Å². The summed E-state index contributed by atoms with van der Waals surface area (Å²) in [6.45, 7) is 3.42. The monoisotopic (exact) mass is 210 g/mol. The highest BCUT2D eigenvalue weighted by molar-refractivity contribution is 7.54. The van der Waals surface area contributed by atoms with Crippen LogP contribution in [0.3, 0.4) is 0 Å². The van der Waals surface area contributed by atoms with Gasteiger partial charge in [0.2, 0.25) is 0 Å². The standard InChI is InChI=1S/C7H15O5P/c1-6(2)12-7(8)5-13(9,10-3)11-4/h6H,5H2,1-4H3. The van der Waals surface area contributed by atoms with E-state index < -0.39 is 13.6 Å². The number of carbonyl (C=O) groups is 1. The van der Waals surface area contributed by atoms with Gasteiger partial charge in [0.1, 0.15) is 6.16 Å². The minimum Gasteiger partial charge on any atom is -0.462 e. The van der Waals surface area contributed by atoms with Crippen LogP contribution in [0.2, 0.25) is 0 Å². The van der Waals surface area contributed by atoms with E-state index in [1.165, 1.54) is 14.2 Å². The van der Waals surface area contributed by atoms with Crippen molar-refractivity contribution in [2.24, 2.45) is 0 Å². The fraction of sp³-hybridized carbons (Fsp3) is 0.857. The summed E-state index contributed by atoms with van der Waals surface area (Å²) in [5.41, 5.74) is 0. The molecule has 0 N–H and O–H groups in total. The summed E-state index contributed by atoms with van der Waals surface area (Å²) in [5.74, 6) is -0.581. The molecule has 13 heavy (non-hydrogen) atoms. The lowest BCUT2D eigenvalue weighted by Gasteiger charge is -2.13. The minimum atomic E-state index is -3.27. The van der Waals surface area contributed by atoms with Gasteiger partial charge >= 0.3 is 13.6 Å². The molecule has 0 aromatic rings. The van der Waals surface area contributed by atoms with Gasteiger partial charge in [-0.15, -0.1) is 0 Å². The Bertz CT molecular complexity index is 205. The van der Waals surface area contributed by atoms with Crippen LogP contribution in [0.4, 0.5) is 0 Å². The molecule has 0 rings (SSSR count). The summed E-state index contributed by atoms with van der Waals surface area (Å²) in [4.78, 5) is 11.0. The molecule has 0 spiro atoms. The van der Waals surface area contributed by atoms with Gasteiger partial charge in [0.05, 0.1) is 6.10 Å². The minimum absolute atomic E-state index is 0.227. The van der Waals surface area contributed by atoms with E-state index in [0.717, 1.165) is 0 Å². The molecule has 0 saturated heterocycles. The molecule has 0 bridgehead atoms. The van der Waals surface area contributed by atoms with Gasteiger partial charge in [0.15, 0.2) is 0 Å². The number of carbonyl (C=O) groups excluding carboxylic acids is 1. The molecule has 0 radical (unpaired) electrons. The molecule has 0 aromatic heterocycles. The maximum absolute atomic E-state index is 11.4. The third kappa shape index (κ3) is 5.03. The van der Waals surface area contributed by atoms with E-state index in [0.29, 0.717) is 0 Å². The SMILES string of the molecule is COP(=O)(CC(=O)OC(C)C)OC. The Hall–Kier alpha value is -0.380. The highest BCUT2D eigenvalue weighted by Gasteiger charge is 2.26. The largest absolute Gasteiger partial charge is 0.462 e. The quantitative estimate of drug-likeness (QED) is 0.507. The predicted molar refractivity (Wildman–Crippen MR) is 47.7 cm³/mol. The van der Waals surface area contributed by atoms with Gasteiger partial charge in [-0.05, 0) is 13.8 Å². The maximum Gasteiger partial charge on any atom is 0.341 e. The number of rotatable bonds is 5. The summed E-state index contributed by atoms with van der Waals surface area (Å²) >= 11 is 0. The molecule has 0 aliphatic carbocycles. The molecule has 0 amide bonds. The summed E-state index contributed by atoms with van der Waals surface area (Å²) in [5, 5.41) is 0. The van der Waals surface area contributed by atoms with Crippen LogP contribution < -0.4 is 0 Å². The highest BCUT2D eigenvalue weighted by atomic mass is 31.2. The zero-order valence-corrected chi connectivity index (χ0v) is 9.17. The lowest BCUT2D eigenvalue weighted by Crippen LogP contribution is -2.16. The van der Waals surface area contributed by atoms with Crippen molar-refractivity contribution in [3.63, 3.8) is 0 Å². The first-order valence-electron chi connectivity index (χ1n) is 3.83. The van der Waals surface area contributed by atoms with E-state index in [4.69, 9.17) is 4.74 Å². The average Bonchev–Trinajstić information content (AvgIpc) is 2.02. The molecule has 0 heterocycles. The van der Waals surface area contributed by atoms with Crippen molar-refractivity contribution in [3.8, 4) is 0 Å². The maximum atomic E-state index is 11.4. The van der Waals surface area contributed by atoms with Crippen LogP contribution in [-0.2, 0) is 23.1 Å². The van der Waals surface area contributed by atoms with Crippen LogP contribution >= 0.6 is 7.60 Å². The van der Waals surface area contributed by atoms with Crippen molar-refractivity contribution < 1.29 is 23.1 Å². The molecule has 0 aliphatic heterocycles. The van der Waals surface area contributed by atoms with Crippen molar-refractivity contribution in [2.75, 3.05) is 20.4 Å². The van der Waals surface area contributed by atoms with Crippen molar-refractivity contribution in [1.82, 2.24) is 0 Å². The van der Waals surface area contributed by atoms with Gasteiger partial charge in [-0.3, -0.25) is 9.36 Å². The molecular formula is C7H15O5P. The number of esters is 1. The number of ether oxygens (including phenoxy) is 1. The molecule has 78 valence electrons. The Morgan fingerprint density at radius 1 is 1.31 bits per heavy atom. The Balaban J connectivity index is 4.10. The fourth-order valence-electron chi connectivity index (χ4n) is 0.662. The predicted octanol–water partition coefficient (Wildman–Crippen LogP) is 1.42. The Morgan fingerprint density at radius 3 is 2.08 bits per heavy atom. The number of hydrogen-bond acceptors (Lipinski definition) is 5. The van der Waals surface area contributed by atoms with E-state index in [9.17, 15) is 9.36 Å². The van der Waals surface area contributed by atoms with Crippen molar-refractivity contribution in [1.29, 1.82) is 0 Å². The molecule has 5 nitrogen and oxygen atoms in total. The zero-order valence-electron chi connectivity index (χ0n) is 8.27. The topological polar surface area (TPSA) is 61.8 Å². The van der Waals surface area contributed by atoms with E-state index in [2.05, 4.69) is 9.05 Å². The van der Waals surface area contributed by atoms with E-state index >= 15 is 0 Å². The second-order valence-electron chi connectivity index (χ2n) is 2.67. The van der Waals surface area contributed by atoms with Gasteiger partial charge in [-0.1, -0.05) is 0 Å². The number of hydrogen-bond donors (Lipinski definition) is 0. The molecular weight excluding hydrogens is 195 g/mol. The normalized spacial score (nSPS) is 11.8. The molecule has 0 fully saturated rings. The Kier molecular flexibility index (Phi) is 5.21. The molecule has 0 atom stereocenters. The Morgan fingerprint density at radius 2 is 1.77 bits per heavy atom. The first kappa shape index (κ1) is 12.6. The Labute approximate surface area is 77.9 Å². The third-order valence-corrected chi connectivity index (χ3v) is 3.00. The second-order valence-corrected chi connectivity index (χ2v) is 4.94. The van der Waals surface area contributed by atoms with E-state index in [-0.39, 0.29) is 12.3 Å². The first-order valence-corrected chi connectivity index (χ1v) is 5.56. The fourth-order valence-corrected chi connectivity index (χ4v) is 1.46. The third-order valence-electron chi connectivity index (χ3n) is 1.25. The van der Waals surface area contributed by atoms with Gasteiger partial charge in [-0.25, -0.2) is 0 Å². The van der Waals surface area contributed by atoms with Crippen LogP contribution in [-0.4, -0.2) is 32.5 Å². The summed E-state index contributed by atoms with van der Waals surface area (Å²) in [6, 6.07) is 0. The van der Waals surface area contributed by atoms with Gasteiger partial charge in [-0.2, -0.15) is 0 Å². The summed E-state index contributed by atoms with van der Waals surface area (Å²) in [7, 11) is -0.810. The van der Waals surface area contributed by atoms with Crippen LogP contribution in [0.5, 0.6) is 0 Å². The smallest absolute Gasteiger partial charge is 0.341 e. The van der Waals surface area contributed by atoms with Crippen molar-refractivity contribution in [3.05, 3.63) is 0 Å². The lowest BCUT2D eigenvalue weighted by atomic mass is 10.5. The molecule has 0 saturated carbocycles. The molecule has 0 aromatic carbocycles. The van der Waals surface area contributed by atoms with E-state index in [1.807, 2.05) is 0 Å². The molecule has 0 aliphatic rings. The lowest BCUT2D eigenvalue weighted by molar-refractivity contribution is -0.144. The van der Waals surface area contributed by atoms with Crippen LogP contribution in [0.1, 0.15) is 13.8 Å². The van der Waals surface area contributed by atoms with Gasteiger partial charge < -0.3 is 13.8 Å². The van der Waals surface area contributed by atoms with Crippen molar-refractivity contribution in [2.45, 2.75) is 20.0 Å². The highest BCUT2D eigenvalue weighted by Crippen LogP contribution is 2.46. The first-order chi connectivity index (χ1) is 5.93. The summed E-state index contributed by atoms with van der Waals surface area (Å²) < 4.78 is 25.3. The zero-order chi connectivity index (χ0) is 10.5. The van der Waals surface area contributed by atoms with E-state index in [1.54, 1.807) is 13.8 Å². The molecule has 0 unspecified atom stereocenters. The van der Waals surface area contributed by atoms with Gasteiger partial charge in [0.25, 0.3) is 0 Å². The second kappa shape index (κ2) is 5.37. The van der Waals surface area contributed by atoms with Crippen LogP contribution in [0.15, 0.2) is 0 Å². The van der Waals surface area contributed by atoms with Crippen LogP contribution in [0, 0.1) is 0 Å². The van der Waals surface area contributed by atoms with Gasteiger partial charge in [0, 0.05) is 14.2 Å². The van der Waals surface area contributed by atoms with Crippen molar-refractivity contribution >= 4 is 13.6 Å².